The Morgan fingerprint density at radius 2 is 1.56 bits per heavy atom. The van der Waals surface area contributed by atoms with E-state index in [0.717, 1.165) is 22.3 Å². The zero-order valence-corrected chi connectivity index (χ0v) is 14.8. The van der Waals surface area contributed by atoms with Gasteiger partial charge >= 0.3 is 12.0 Å². The molecular weight excluding hydrogens is 316 g/mol. The number of hydrogen-bond donors (Lipinski definition) is 2. The van der Waals surface area contributed by atoms with E-state index in [0.29, 0.717) is 0 Å². The van der Waals surface area contributed by atoms with Gasteiger partial charge in [-0.25, -0.2) is 4.79 Å². The monoisotopic (exact) mass is 340 g/mol. The van der Waals surface area contributed by atoms with Crippen molar-refractivity contribution in [1.29, 1.82) is 0 Å². The topological polar surface area (TPSA) is 69.6 Å². The van der Waals surface area contributed by atoms with E-state index in [4.69, 9.17) is 5.11 Å². The van der Waals surface area contributed by atoms with E-state index in [9.17, 15) is 9.59 Å². The van der Waals surface area contributed by atoms with Crippen LogP contribution in [0.3, 0.4) is 0 Å². The molecule has 0 aliphatic carbocycles. The van der Waals surface area contributed by atoms with Gasteiger partial charge in [0.25, 0.3) is 0 Å². The number of nitrogens with one attached hydrogen (secondary N) is 1. The summed E-state index contributed by atoms with van der Waals surface area (Å²) in [5.74, 6) is -0.923. The SMILES string of the molecule is Cc1cccc(C(NC(=O)N(C)CCC(=O)O)c2cccc(C)c2)c1. The first-order valence-corrected chi connectivity index (χ1v) is 8.23. The molecule has 2 aromatic rings. The van der Waals surface area contributed by atoms with Crippen LogP contribution in [-0.4, -0.2) is 35.6 Å². The molecule has 25 heavy (non-hydrogen) atoms. The Balaban J connectivity index is 2.26. The maximum Gasteiger partial charge on any atom is 0.317 e. The lowest BCUT2D eigenvalue weighted by Gasteiger charge is -2.24. The van der Waals surface area contributed by atoms with Gasteiger partial charge in [-0.15, -0.1) is 0 Å². The van der Waals surface area contributed by atoms with E-state index < -0.39 is 5.97 Å². The van der Waals surface area contributed by atoms with Crippen LogP contribution < -0.4 is 5.32 Å². The maximum absolute atomic E-state index is 12.5. The summed E-state index contributed by atoms with van der Waals surface area (Å²) < 4.78 is 0. The number of rotatable bonds is 6. The van der Waals surface area contributed by atoms with Crippen molar-refractivity contribution in [3.8, 4) is 0 Å². The molecule has 5 nitrogen and oxygen atoms in total. The van der Waals surface area contributed by atoms with Crippen LogP contribution in [0.15, 0.2) is 48.5 Å². The molecule has 2 aromatic carbocycles. The van der Waals surface area contributed by atoms with Crippen LogP contribution in [0, 0.1) is 13.8 Å². The lowest BCUT2D eigenvalue weighted by molar-refractivity contribution is -0.137. The number of carbonyl (C=O) groups excluding carboxylic acids is 1. The van der Waals surface area contributed by atoms with Crippen LogP contribution in [0.2, 0.25) is 0 Å². The van der Waals surface area contributed by atoms with E-state index in [1.54, 1.807) is 7.05 Å². The number of carboxylic acids is 1. The maximum atomic E-state index is 12.5. The number of aryl methyl sites for hydroxylation is 2. The Morgan fingerprint density at radius 1 is 1.04 bits per heavy atom. The van der Waals surface area contributed by atoms with Gasteiger partial charge in [-0.05, 0) is 25.0 Å². The second-order valence-corrected chi connectivity index (χ2v) is 6.28. The quantitative estimate of drug-likeness (QED) is 0.845. The summed E-state index contributed by atoms with van der Waals surface area (Å²) in [6.07, 6.45) is -0.0799. The smallest absolute Gasteiger partial charge is 0.317 e. The van der Waals surface area contributed by atoms with Gasteiger partial charge in [-0.2, -0.15) is 0 Å². The van der Waals surface area contributed by atoms with Crippen LogP contribution in [0.5, 0.6) is 0 Å². The molecule has 2 amide bonds. The largest absolute Gasteiger partial charge is 0.481 e. The van der Waals surface area contributed by atoms with Crippen molar-refractivity contribution >= 4 is 12.0 Å². The Hall–Kier alpha value is -2.82. The van der Waals surface area contributed by atoms with Gasteiger partial charge < -0.3 is 15.3 Å². The number of amides is 2. The molecule has 0 bridgehead atoms. The summed E-state index contributed by atoms with van der Waals surface area (Å²) in [6.45, 7) is 4.19. The molecule has 0 unspecified atom stereocenters. The minimum atomic E-state index is -0.923. The number of carbonyl (C=O) groups is 2. The summed E-state index contributed by atoms with van der Waals surface area (Å²) in [5, 5.41) is 11.8. The standard InChI is InChI=1S/C20H24N2O3/c1-14-6-4-8-16(12-14)19(17-9-5-7-15(2)13-17)21-20(25)22(3)11-10-18(23)24/h4-9,12-13,19H,10-11H2,1-3H3,(H,21,25)(H,23,24). The molecule has 0 atom stereocenters. The third-order valence-electron chi connectivity index (χ3n) is 4.03. The molecule has 0 radical (unpaired) electrons. The molecule has 0 spiro atoms. The lowest BCUT2D eigenvalue weighted by atomic mass is 9.96. The second-order valence-electron chi connectivity index (χ2n) is 6.28. The van der Waals surface area contributed by atoms with E-state index >= 15 is 0 Å². The molecule has 5 heteroatoms. The van der Waals surface area contributed by atoms with Crippen molar-refractivity contribution in [2.45, 2.75) is 26.3 Å². The normalized spacial score (nSPS) is 10.6. The molecule has 2 rings (SSSR count). The van der Waals surface area contributed by atoms with Crippen LogP contribution >= 0.6 is 0 Å². The fourth-order valence-corrected chi connectivity index (χ4v) is 2.66. The zero-order valence-electron chi connectivity index (χ0n) is 14.8. The Kier molecular flexibility index (Phi) is 6.17. The van der Waals surface area contributed by atoms with Gasteiger partial charge in [0.05, 0.1) is 12.5 Å². The second kappa shape index (κ2) is 8.33. The van der Waals surface area contributed by atoms with Gasteiger partial charge in [0.15, 0.2) is 0 Å². The number of urea groups is 1. The Labute approximate surface area is 148 Å². The molecule has 0 aromatic heterocycles. The number of carboxylic acid groups (broad SMARTS) is 1. The molecule has 0 fully saturated rings. The summed E-state index contributed by atoms with van der Waals surface area (Å²) in [7, 11) is 1.60. The zero-order chi connectivity index (χ0) is 18.4. The van der Waals surface area contributed by atoms with Crippen molar-refractivity contribution in [3.05, 3.63) is 70.8 Å². The third kappa shape index (κ3) is 5.35. The van der Waals surface area contributed by atoms with E-state index in [2.05, 4.69) is 5.32 Å². The number of nitrogens with zero attached hydrogens (tertiary/aromatic N) is 1. The van der Waals surface area contributed by atoms with Gasteiger partial charge in [0.2, 0.25) is 0 Å². The van der Waals surface area contributed by atoms with Gasteiger partial charge in [0, 0.05) is 13.6 Å². The van der Waals surface area contributed by atoms with Crippen LogP contribution in [-0.2, 0) is 4.79 Å². The summed E-state index contributed by atoms with van der Waals surface area (Å²) >= 11 is 0. The van der Waals surface area contributed by atoms with Crippen molar-refractivity contribution in [2.75, 3.05) is 13.6 Å². The van der Waals surface area contributed by atoms with E-state index in [1.165, 1.54) is 4.90 Å². The van der Waals surface area contributed by atoms with Crippen LogP contribution in [0.25, 0.3) is 0 Å². The predicted molar refractivity (Wildman–Crippen MR) is 97.6 cm³/mol. The molecule has 132 valence electrons. The first-order chi connectivity index (χ1) is 11.9. The summed E-state index contributed by atoms with van der Waals surface area (Å²) in [6, 6.07) is 15.4. The average molecular weight is 340 g/mol. The summed E-state index contributed by atoms with van der Waals surface area (Å²) in [5.41, 5.74) is 4.21. The highest BCUT2D eigenvalue weighted by atomic mass is 16.4. The fraction of sp³-hybridized carbons (Fsp3) is 0.300. The Bertz CT molecular complexity index is 713. The lowest BCUT2D eigenvalue weighted by Crippen LogP contribution is -2.40. The minimum Gasteiger partial charge on any atom is -0.481 e. The number of benzene rings is 2. The van der Waals surface area contributed by atoms with Crippen molar-refractivity contribution in [3.63, 3.8) is 0 Å². The molecule has 0 aliphatic rings. The minimum absolute atomic E-state index is 0.0799. The molecule has 0 aliphatic heterocycles. The number of aliphatic carboxylic acids is 1. The highest BCUT2D eigenvalue weighted by Gasteiger charge is 2.19. The molecule has 0 saturated carbocycles. The molecule has 0 heterocycles. The van der Waals surface area contributed by atoms with Crippen LogP contribution in [0.4, 0.5) is 4.79 Å². The highest BCUT2D eigenvalue weighted by molar-refractivity contribution is 5.76. The van der Waals surface area contributed by atoms with Gasteiger partial charge in [-0.3, -0.25) is 4.79 Å². The summed E-state index contributed by atoms with van der Waals surface area (Å²) in [4.78, 5) is 24.6. The first kappa shape index (κ1) is 18.5. The van der Waals surface area contributed by atoms with Crippen molar-refractivity contribution in [1.82, 2.24) is 10.2 Å². The van der Waals surface area contributed by atoms with Gasteiger partial charge in [-0.1, -0.05) is 59.7 Å². The molecule has 0 saturated heterocycles. The highest BCUT2D eigenvalue weighted by Crippen LogP contribution is 2.24. The average Bonchev–Trinajstić information content (AvgIpc) is 2.57. The number of hydrogen-bond acceptors (Lipinski definition) is 2. The first-order valence-electron chi connectivity index (χ1n) is 8.23. The van der Waals surface area contributed by atoms with Crippen LogP contribution in [0.1, 0.15) is 34.7 Å². The van der Waals surface area contributed by atoms with Crippen molar-refractivity contribution in [2.24, 2.45) is 0 Å². The molecular formula is C20H24N2O3. The van der Waals surface area contributed by atoms with Crippen molar-refractivity contribution < 1.29 is 14.7 Å². The van der Waals surface area contributed by atoms with E-state index in [-0.39, 0.29) is 25.0 Å². The Morgan fingerprint density at radius 3 is 2.00 bits per heavy atom. The van der Waals surface area contributed by atoms with E-state index in [1.807, 2.05) is 62.4 Å². The molecule has 2 N–H and O–H groups in total. The fourth-order valence-electron chi connectivity index (χ4n) is 2.66. The third-order valence-corrected chi connectivity index (χ3v) is 4.03. The predicted octanol–water partition coefficient (Wildman–Crippen LogP) is 3.51. The van der Waals surface area contributed by atoms with Gasteiger partial charge in [0.1, 0.15) is 0 Å².